The summed E-state index contributed by atoms with van der Waals surface area (Å²) in [7, 11) is 0. The van der Waals surface area contributed by atoms with E-state index in [4.69, 9.17) is 0 Å². The molecule has 5 heteroatoms. The van der Waals surface area contributed by atoms with Gasteiger partial charge in [-0.1, -0.05) is 6.07 Å². The van der Waals surface area contributed by atoms with E-state index in [2.05, 4.69) is 45.2 Å². The molecule has 0 saturated heterocycles. The Morgan fingerprint density at radius 2 is 2.00 bits per heavy atom. The molecule has 88 valence electrons. The molecule has 0 unspecified atom stereocenters. The lowest BCUT2D eigenvalue weighted by Crippen LogP contribution is -2.20. The largest absolute Gasteiger partial charge is 0.351 e. The summed E-state index contributed by atoms with van der Waals surface area (Å²) in [4.78, 5) is 16.2. The minimum atomic E-state index is 0.228. The van der Waals surface area contributed by atoms with Crippen molar-refractivity contribution in [2.75, 3.05) is 5.32 Å². The third-order valence-corrected chi connectivity index (χ3v) is 2.49. The van der Waals surface area contributed by atoms with Crippen molar-refractivity contribution in [2.24, 2.45) is 0 Å². The molecule has 2 rings (SSSR count). The highest BCUT2D eigenvalue weighted by Gasteiger charge is 2.07. The third-order valence-electron chi connectivity index (χ3n) is 2.49. The van der Waals surface area contributed by atoms with Crippen LogP contribution in [0.5, 0.6) is 0 Å². The van der Waals surface area contributed by atoms with Crippen LogP contribution in [0.1, 0.15) is 18.2 Å². The van der Waals surface area contributed by atoms with Crippen molar-refractivity contribution in [2.45, 2.75) is 26.3 Å². The molecule has 17 heavy (non-hydrogen) atoms. The summed E-state index contributed by atoms with van der Waals surface area (Å²) in [5.41, 5.74) is 2.30. The third kappa shape index (κ3) is 3.21. The molecule has 0 radical (unpaired) electrons. The van der Waals surface area contributed by atoms with Crippen molar-refractivity contribution < 1.29 is 0 Å². The van der Waals surface area contributed by atoms with Gasteiger partial charge in [0.15, 0.2) is 0 Å². The average molecular weight is 229 g/mol. The number of aryl methyl sites for hydroxylation is 1. The smallest absolute Gasteiger partial charge is 0.225 e. The van der Waals surface area contributed by atoms with E-state index in [1.54, 1.807) is 0 Å². The normalized spacial score (nSPS) is 12.1. The van der Waals surface area contributed by atoms with Crippen molar-refractivity contribution in [3.8, 4) is 0 Å². The molecule has 2 aromatic rings. The van der Waals surface area contributed by atoms with Crippen molar-refractivity contribution in [3.63, 3.8) is 0 Å². The van der Waals surface area contributed by atoms with Gasteiger partial charge in [0.1, 0.15) is 12.7 Å². The van der Waals surface area contributed by atoms with Crippen molar-refractivity contribution in [1.82, 2.24) is 19.9 Å². The van der Waals surface area contributed by atoms with Gasteiger partial charge in [-0.05, 0) is 25.5 Å². The van der Waals surface area contributed by atoms with E-state index in [1.807, 2.05) is 12.3 Å². The number of anilines is 1. The standard InChI is InChI=1S/C12H15N5/c1-9-4-3-5-14-11(9)6-10(2)17-12-15-7-13-8-16-12/h3-5,7-8,10H,6H2,1-2H3,(H,13,15,16,17)/t10-/m1/s1. The molecule has 2 aromatic heterocycles. The Morgan fingerprint density at radius 3 is 2.71 bits per heavy atom. The molecule has 0 aliphatic heterocycles. The molecular weight excluding hydrogens is 214 g/mol. The van der Waals surface area contributed by atoms with E-state index < -0.39 is 0 Å². The van der Waals surface area contributed by atoms with Gasteiger partial charge in [-0.15, -0.1) is 0 Å². The quantitative estimate of drug-likeness (QED) is 0.863. The fourth-order valence-corrected chi connectivity index (χ4v) is 1.61. The topological polar surface area (TPSA) is 63.6 Å². The van der Waals surface area contributed by atoms with Crippen LogP contribution in [-0.4, -0.2) is 26.0 Å². The molecule has 5 nitrogen and oxygen atoms in total. The monoisotopic (exact) mass is 229 g/mol. The molecule has 0 aliphatic rings. The first kappa shape index (κ1) is 11.4. The molecule has 0 aliphatic carbocycles. The minimum Gasteiger partial charge on any atom is -0.351 e. The lowest BCUT2D eigenvalue weighted by atomic mass is 10.1. The Balaban J connectivity index is 1.98. The summed E-state index contributed by atoms with van der Waals surface area (Å²) in [5, 5.41) is 3.22. The molecule has 0 amide bonds. The van der Waals surface area contributed by atoms with Crippen LogP contribution in [0.2, 0.25) is 0 Å². The minimum absolute atomic E-state index is 0.228. The summed E-state index contributed by atoms with van der Waals surface area (Å²) >= 11 is 0. The second kappa shape index (κ2) is 5.34. The van der Waals surface area contributed by atoms with Crippen LogP contribution >= 0.6 is 0 Å². The Labute approximate surface area is 100 Å². The number of aromatic nitrogens is 4. The van der Waals surface area contributed by atoms with Crippen LogP contribution in [0.4, 0.5) is 5.95 Å². The predicted molar refractivity (Wildman–Crippen MR) is 65.6 cm³/mol. The Morgan fingerprint density at radius 1 is 1.24 bits per heavy atom. The van der Waals surface area contributed by atoms with E-state index in [9.17, 15) is 0 Å². The van der Waals surface area contributed by atoms with Crippen LogP contribution in [0.25, 0.3) is 0 Å². The molecular formula is C12H15N5. The van der Waals surface area contributed by atoms with Gasteiger partial charge < -0.3 is 5.32 Å². The van der Waals surface area contributed by atoms with E-state index >= 15 is 0 Å². The summed E-state index contributed by atoms with van der Waals surface area (Å²) in [5.74, 6) is 0.598. The zero-order chi connectivity index (χ0) is 12.1. The van der Waals surface area contributed by atoms with Crippen molar-refractivity contribution >= 4 is 5.95 Å². The lowest BCUT2D eigenvalue weighted by molar-refractivity contribution is 0.752. The molecule has 0 fully saturated rings. The van der Waals surface area contributed by atoms with Crippen LogP contribution < -0.4 is 5.32 Å². The SMILES string of the molecule is Cc1cccnc1C[C@@H](C)Nc1ncncn1. The summed E-state index contributed by atoms with van der Waals surface area (Å²) in [6.07, 6.45) is 5.62. The number of nitrogens with zero attached hydrogens (tertiary/aromatic N) is 4. The first-order valence-corrected chi connectivity index (χ1v) is 5.54. The molecule has 2 heterocycles. The van der Waals surface area contributed by atoms with Gasteiger partial charge in [0, 0.05) is 24.4 Å². The number of hydrogen-bond donors (Lipinski definition) is 1. The van der Waals surface area contributed by atoms with Crippen LogP contribution in [-0.2, 0) is 6.42 Å². The van der Waals surface area contributed by atoms with Gasteiger partial charge in [-0.3, -0.25) is 4.98 Å². The van der Waals surface area contributed by atoms with Crippen LogP contribution in [0.3, 0.4) is 0 Å². The zero-order valence-electron chi connectivity index (χ0n) is 9.96. The van der Waals surface area contributed by atoms with Gasteiger partial charge in [-0.2, -0.15) is 0 Å². The van der Waals surface area contributed by atoms with E-state index in [0.29, 0.717) is 5.95 Å². The summed E-state index contributed by atoms with van der Waals surface area (Å²) in [6.45, 7) is 4.15. The maximum Gasteiger partial charge on any atom is 0.225 e. The number of nitrogens with one attached hydrogen (secondary N) is 1. The van der Waals surface area contributed by atoms with Crippen LogP contribution in [0, 0.1) is 6.92 Å². The maximum atomic E-state index is 4.37. The molecule has 0 bridgehead atoms. The average Bonchev–Trinajstić information content (AvgIpc) is 2.33. The first-order chi connectivity index (χ1) is 8.25. The van der Waals surface area contributed by atoms with Gasteiger partial charge in [0.25, 0.3) is 0 Å². The molecule has 0 saturated carbocycles. The van der Waals surface area contributed by atoms with Gasteiger partial charge >= 0.3 is 0 Å². The Kier molecular flexibility index (Phi) is 3.59. The Bertz CT molecular complexity index is 471. The highest BCUT2D eigenvalue weighted by Crippen LogP contribution is 2.08. The maximum absolute atomic E-state index is 4.37. The van der Waals surface area contributed by atoms with Crippen LogP contribution in [0.15, 0.2) is 31.0 Å². The highest BCUT2D eigenvalue weighted by molar-refractivity contribution is 5.25. The molecule has 1 N–H and O–H groups in total. The fourth-order valence-electron chi connectivity index (χ4n) is 1.61. The number of hydrogen-bond acceptors (Lipinski definition) is 5. The fraction of sp³-hybridized carbons (Fsp3) is 0.333. The molecule has 1 atom stereocenters. The number of pyridine rings is 1. The second-order valence-electron chi connectivity index (χ2n) is 3.98. The van der Waals surface area contributed by atoms with Gasteiger partial charge in [-0.25, -0.2) is 15.0 Å². The van der Waals surface area contributed by atoms with E-state index in [0.717, 1.165) is 12.1 Å². The zero-order valence-corrected chi connectivity index (χ0v) is 9.96. The predicted octanol–water partition coefficient (Wildman–Crippen LogP) is 1.62. The second-order valence-corrected chi connectivity index (χ2v) is 3.98. The Hall–Kier alpha value is -2.04. The molecule has 0 aromatic carbocycles. The highest BCUT2D eigenvalue weighted by atomic mass is 15.1. The van der Waals surface area contributed by atoms with E-state index in [-0.39, 0.29) is 6.04 Å². The van der Waals surface area contributed by atoms with Crippen molar-refractivity contribution in [3.05, 3.63) is 42.2 Å². The van der Waals surface area contributed by atoms with E-state index in [1.165, 1.54) is 18.2 Å². The number of rotatable bonds is 4. The summed E-state index contributed by atoms with van der Waals surface area (Å²) in [6, 6.07) is 4.24. The lowest BCUT2D eigenvalue weighted by Gasteiger charge is -2.13. The summed E-state index contributed by atoms with van der Waals surface area (Å²) < 4.78 is 0. The molecule has 0 spiro atoms. The first-order valence-electron chi connectivity index (χ1n) is 5.54. The van der Waals surface area contributed by atoms with Gasteiger partial charge in [0.2, 0.25) is 5.95 Å². The van der Waals surface area contributed by atoms with Crippen molar-refractivity contribution in [1.29, 1.82) is 0 Å². The van der Waals surface area contributed by atoms with Gasteiger partial charge in [0.05, 0.1) is 0 Å².